The Morgan fingerprint density at radius 2 is 2.00 bits per heavy atom. The van der Waals surface area contributed by atoms with Crippen molar-refractivity contribution < 1.29 is 4.79 Å². The van der Waals surface area contributed by atoms with Crippen LogP contribution in [0.25, 0.3) is 0 Å². The summed E-state index contributed by atoms with van der Waals surface area (Å²) in [7, 11) is 0. The van der Waals surface area contributed by atoms with E-state index in [0.717, 1.165) is 12.8 Å². The van der Waals surface area contributed by atoms with Crippen molar-refractivity contribution in [2.24, 2.45) is 5.73 Å². The molecule has 0 bridgehead atoms. The zero-order valence-electron chi connectivity index (χ0n) is 9.28. The predicted molar refractivity (Wildman–Crippen MR) is 62.7 cm³/mol. The van der Waals surface area contributed by atoms with Gasteiger partial charge in [0.05, 0.1) is 0 Å². The van der Waals surface area contributed by atoms with Crippen molar-refractivity contribution in [3.05, 3.63) is 35.9 Å². The lowest BCUT2D eigenvalue weighted by atomic mass is 10.0. The number of ketones is 1. The normalized spacial score (nSPS) is 12.4. The van der Waals surface area contributed by atoms with Crippen LogP contribution in [0.15, 0.2) is 30.3 Å². The van der Waals surface area contributed by atoms with Crippen molar-refractivity contribution in [2.45, 2.75) is 38.6 Å². The monoisotopic (exact) mass is 205 g/mol. The molecule has 0 aliphatic heterocycles. The molecule has 1 aromatic carbocycles. The van der Waals surface area contributed by atoms with E-state index in [4.69, 9.17) is 5.73 Å². The minimum absolute atomic E-state index is 0.00535. The molecule has 2 nitrogen and oxygen atoms in total. The van der Waals surface area contributed by atoms with Crippen LogP contribution in [0, 0.1) is 0 Å². The summed E-state index contributed by atoms with van der Waals surface area (Å²) in [6.07, 6.45) is 3.06. The van der Waals surface area contributed by atoms with E-state index >= 15 is 0 Å². The van der Waals surface area contributed by atoms with Crippen LogP contribution >= 0.6 is 0 Å². The highest BCUT2D eigenvalue weighted by atomic mass is 16.1. The summed E-state index contributed by atoms with van der Waals surface area (Å²) in [5, 5.41) is 0. The molecule has 2 heteroatoms. The first-order chi connectivity index (χ1) is 7.18. The Morgan fingerprint density at radius 1 is 1.33 bits per heavy atom. The number of carbonyl (C=O) groups excluding carboxylic acids is 1. The Kier molecular flexibility index (Phi) is 5.05. The second-order valence-electron chi connectivity index (χ2n) is 4.06. The van der Waals surface area contributed by atoms with Crippen molar-refractivity contribution in [1.82, 2.24) is 0 Å². The minimum Gasteiger partial charge on any atom is -0.328 e. The summed E-state index contributed by atoms with van der Waals surface area (Å²) in [6.45, 7) is 1.87. The van der Waals surface area contributed by atoms with Gasteiger partial charge in [-0.3, -0.25) is 4.79 Å². The van der Waals surface area contributed by atoms with Crippen LogP contribution in [-0.4, -0.2) is 11.8 Å². The number of Topliss-reactive ketones (excluding diaryl/α,β-unsaturated/α-hetero) is 1. The summed E-state index contributed by atoms with van der Waals surface area (Å²) in [6, 6.07) is 10.2. The Morgan fingerprint density at radius 3 is 2.60 bits per heavy atom. The first kappa shape index (κ1) is 11.9. The Hall–Kier alpha value is -1.15. The van der Waals surface area contributed by atoms with Gasteiger partial charge >= 0.3 is 0 Å². The van der Waals surface area contributed by atoms with E-state index in [-0.39, 0.29) is 11.8 Å². The summed E-state index contributed by atoms with van der Waals surface area (Å²) in [5.74, 6) is 0.279. The van der Waals surface area contributed by atoms with Crippen LogP contribution in [0.4, 0.5) is 0 Å². The molecule has 0 saturated heterocycles. The average Bonchev–Trinajstić information content (AvgIpc) is 2.18. The number of carbonyl (C=O) groups is 1. The average molecular weight is 205 g/mol. The summed E-state index contributed by atoms with van der Waals surface area (Å²) >= 11 is 0. The van der Waals surface area contributed by atoms with Gasteiger partial charge in [0, 0.05) is 18.9 Å². The molecule has 0 radical (unpaired) electrons. The van der Waals surface area contributed by atoms with E-state index in [2.05, 4.69) is 12.1 Å². The van der Waals surface area contributed by atoms with Crippen LogP contribution < -0.4 is 5.73 Å². The molecule has 2 N–H and O–H groups in total. The van der Waals surface area contributed by atoms with E-state index in [1.807, 2.05) is 25.1 Å². The number of nitrogens with two attached hydrogens (primary N) is 1. The predicted octanol–water partition coefficient (Wildman–Crippen LogP) is 2.32. The molecule has 0 aromatic heterocycles. The molecule has 0 heterocycles. The summed E-state index contributed by atoms with van der Waals surface area (Å²) < 4.78 is 0. The lowest BCUT2D eigenvalue weighted by Gasteiger charge is -2.04. The fraction of sp³-hybridized carbons (Fsp3) is 0.462. The minimum atomic E-state index is -0.00535. The molecule has 1 rings (SSSR count). The standard InChI is InChI=1S/C13H19NO/c1-11(14)10-13(15)9-5-8-12-6-3-2-4-7-12/h2-4,6-7,11H,5,8-10,14H2,1H3. The van der Waals surface area contributed by atoms with Gasteiger partial charge in [0.1, 0.15) is 5.78 Å². The van der Waals surface area contributed by atoms with Crippen LogP contribution in [0.5, 0.6) is 0 Å². The zero-order valence-corrected chi connectivity index (χ0v) is 9.28. The first-order valence-corrected chi connectivity index (χ1v) is 5.49. The first-order valence-electron chi connectivity index (χ1n) is 5.49. The van der Waals surface area contributed by atoms with Gasteiger partial charge in [-0.1, -0.05) is 30.3 Å². The fourth-order valence-corrected chi connectivity index (χ4v) is 1.60. The molecule has 82 valence electrons. The second kappa shape index (κ2) is 6.36. The Bertz CT molecular complexity index is 293. The third kappa shape index (κ3) is 5.33. The van der Waals surface area contributed by atoms with Crippen LogP contribution in [0.3, 0.4) is 0 Å². The molecule has 0 aliphatic rings. The van der Waals surface area contributed by atoms with Gasteiger partial charge in [-0.05, 0) is 25.3 Å². The molecule has 0 saturated carbocycles. The molecule has 0 amide bonds. The van der Waals surface area contributed by atoms with E-state index < -0.39 is 0 Å². The van der Waals surface area contributed by atoms with Crippen molar-refractivity contribution in [3.63, 3.8) is 0 Å². The lowest BCUT2D eigenvalue weighted by Crippen LogP contribution is -2.19. The van der Waals surface area contributed by atoms with E-state index in [9.17, 15) is 4.79 Å². The topological polar surface area (TPSA) is 43.1 Å². The van der Waals surface area contributed by atoms with Gasteiger partial charge in [0.2, 0.25) is 0 Å². The molecular formula is C13H19NO. The van der Waals surface area contributed by atoms with Gasteiger partial charge in [0.25, 0.3) is 0 Å². The molecule has 0 spiro atoms. The van der Waals surface area contributed by atoms with Gasteiger partial charge in [-0.15, -0.1) is 0 Å². The molecule has 0 aliphatic carbocycles. The quantitative estimate of drug-likeness (QED) is 0.774. The number of hydrogen-bond acceptors (Lipinski definition) is 2. The Balaban J connectivity index is 2.19. The third-order valence-corrected chi connectivity index (χ3v) is 2.31. The number of hydrogen-bond donors (Lipinski definition) is 1. The molecule has 0 fully saturated rings. The van der Waals surface area contributed by atoms with E-state index in [0.29, 0.717) is 12.8 Å². The van der Waals surface area contributed by atoms with Crippen LogP contribution in [0.2, 0.25) is 0 Å². The highest BCUT2D eigenvalue weighted by Crippen LogP contribution is 2.06. The van der Waals surface area contributed by atoms with Crippen molar-refractivity contribution in [1.29, 1.82) is 0 Å². The summed E-state index contributed by atoms with van der Waals surface area (Å²) in [5.41, 5.74) is 6.85. The molecule has 1 atom stereocenters. The molecule has 1 unspecified atom stereocenters. The third-order valence-electron chi connectivity index (χ3n) is 2.31. The largest absolute Gasteiger partial charge is 0.328 e. The van der Waals surface area contributed by atoms with Gasteiger partial charge < -0.3 is 5.73 Å². The Labute approximate surface area is 91.5 Å². The van der Waals surface area contributed by atoms with Gasteiger partial charge in [0.15, 0.2) is 0 Å². The summed E-state index contributed by atoms with van der Waals surface area (Å²) in [4.78, 5) is 11.4. The van der Waals surface area contributed by atoms with Crippen LogP contribution in [-0.2, 0) is 11.2 Å². The number of aryl methyl sites for hydroxylation is 1. The van der Waals surface area contributed by atoms with E-state index in [1.165, 1.54) is 5.56 Å². The molecule has 15 heavy (non-hydrogen) atoms. The van der Waals surface area contributed by atoms with Gasteiger partial charge in [-0.25, -0.2) is 0 Å². The maximum atomic E-state index is 11.4. The SMILES string of the molecule is CC(N)CC(=O)CCCc1ccccc1. The van der Waals surface area contributed by atoms with Crippen LogP contribution in [0.1, 0.15) is 31.7 Å². The maximum absolute atomic E-state index is 11.4. The van der Waals surface area contributed by atoms with Gasteiger partial charge in [-0.2, -0.15) is 0 Å². The smallest absolute Gasteiger partial charge is 0.134 e. The van der Waals surface area contributed by atoms with Crippen molar-refractivity contribution >= 4 is 5.78 Å². The zero-order chi connectivity index (χ0) is 11.1. The number of rotatable bonds is 6. The van der Waals surface area contributed by atoms with Crippen molar-refractivity contribution in [2.75, 3.05) is 0 Å². The van der Waals surface area contributed by atoms with Crippen molar-refractivity contribution in [3.8, 4) is 0 Å². The maximum Gasteiger partial charge on any atom is 0.134 e. The highest BCUT2D eigenvalue weighted by Gasteiger charge is 2.04. The second-order valence-corrected chi connectivity index (χ2v) is 4.06. The fourth-order valence-electron chi connectivity index (χ4n) is 1.60. The highest BCUT2D eigenvalue weighted by molar-refractivity contribution is 5.78. The lowest BCUT2D eigenvalue weighted by molar-refractivity contribution is -0.119. The molecule has 1 aromatic rings. The molecular weight excluding hydrogens is 186 g/mol. The van der Waals surface area contributed by atoms with E-state index in [1.54, 1.807) is 0 Å². The number of benzene rings is 1.